The number of aromatic nitrogens is 1. The number of oxazole rings is 1. The van der Waals surface area contributed by atoms with Crippen molar-refractivity contribution in [3.05, 3.63) is 35.2 Å². The molecule has 0 aliphatic rings. The van der Waals surface area contributed by atoms with E-state index in [4.69, 9.17) is 19.6 Å². The van der Waals surface area contributed by atoms with Crippen LogP contribution in [0, 0.1) is 6.92 Å². The van der Waals surface area contributed by atoms with Crippen molar-refractivity contribution >= 4 is 6.01 Å². The quantitative estimate of drug-likeness (QED) is 0.897. The first-order chi connectivity index (χ1) is 8.63. The zero-order valence-electron chi connectivity index (χ0n) is 10.7. The molecule has 5 nitrogen and oxygen atoms in total. The van der Waals surface area contributed by atoms with Gasteiger partial charge in [-0.1, -0.05) is 0 Å². The molecule has 0 radical (unpaired) electrons. The van der Waals surface area contributed by atoms with Gasteiger partial charge in [-0.05, 0) is 24.6 Å². The maximum Gasteiger partial charge on any atom is 0.292 e. The van der Waals surface area contributed by atoms with E-state index in [2.05, 4.69) is 4.98 Å². The van der Waals surface area contributed by atoms with Gasteiger partial charge < -0.3 is 19.6 Å². The summed E-state index contributed by atoms with van der Waals surface area (Å²) in [4.78, 5) is 3.87. The summed E-state index contributed by atoms with van der Waals surface area (Å²) in [6.07, 6.45) is 2.17. The number of ether oxygens (including phenoxy) is 2. The van der Waals surface area contributed by atoms with Crippen molar-refractivity contribution in [2.24, 2.45) is 0 Å². The second-order valence-electron chi connectivity index (χ2n) is 3.98. The number of nitrogens with two attached hydrogens (primary N) is 1. The number of nitrogen functional groups attached to an aromatic ring is 1. The highest BCUT2D eigenvalue weighted by Gasteiger charge is 2.11. The Hall–Kier alpha value is -2.17. The molecule has 1 aromatic heterocycles. The molecule has 0 saturated carbocycles. The van der Waals surface area contributed by atoms with Crippen molar-refractivity contribution in [1.82, 2.24) is 4.98 Å². The van der Waals surface area contributed by atoms with E-state index in [1.807, 2.05) is 19.1 Å². The van der Waals surface area contributed by atoms with Crippen LogP contribution < -0.4 is 15.2 Å². The van der Waals surface area contributed by atoms with E-state index in [0.717, 1.165) is 22.6 Å². The lowest BCUT2D eigenvalue weighted by molar-refractivity contribution is 0.396. The maximum absolute atomic E-state index is 5.45. The first-order valence-corrected chi connectivity index (χ1v) is 5.55. The predicted molar refractivity (Wildman–Crippen MR) is 68.0 cm³/mol. The first kappa shape index (κ1) is 12.3. The fraction of sp³-hybridized carbons (Fsp3) is 0.308. The average Bonchev–Trinajstić information content (AvgIpc) is 2.76. The summed E-state index contributed by atoms with van der Waals surface area (Å²) in [5, 5.41) is 0. The molecule has 0 aliphatic heterocycles. The third-order valence-corrected chi connectivity index (χ3v) is 2.73. The van der Waals surface area contributed by atoms with Gasteiger partial charge in [0, 0.05) is 12.0 Å². The molecule has 0 unspecified atom stereocenters. The van der Waals surface area contributed by atoms with Gasteiger partial charge in [0.25, 0.3) is 6.01 Å². The van der Waals surface area contributed by atoms with Crippen LogP contribution in [0.2, 0.25) is 0 Å². The molecule has 0 saturated heterocycles. The van der Waals surface area contributed by atoms with Crippen molar-refractivity contribution in [3.63, 3.8) is 0 Å². The molecule has 1 aromatic carbocycles. The lowest BCUT2D eigenvalue weighted by Crippen LogP contribution is -1.96. The number of hydrogen-bond donors (Lipinski definition) is 1. The molecule has 1 heterocycles. The summed E-state index contributed by atoms with van der Waals surface area (Å²) in [7, 11) is 3.28. The van der Waals surface area contributed by atoms with Gasteiger partial charge in [-0.25, -0.2) is 4.98 Å². The predicted octanol–water partition coefficient (Wildman–Crippen LogP) is 2.17. The van der Waals surface area contributed by atoms with Gasteiger partial charge in [-0.2, -0.15) is 0 Å². The van der Waals surface area contributed by atoms with E-state index in [9.17, 15) is 0 Å². The molecule has 2 aromatic rings. The summed E-state index contributed by atoms with van der Waals surface area (Å²) in [5.41, 5.74) is 7.44. The second-order valence-corrected chi connectivity index (χ2v) is 3.98. The molecule has 0 fully saturated rings. The smallest absolute Gasteiger partial charge is 0.292 e. The second kappa shape index (κ2) is 5.00. The number of hydrogen-bond acceptors (Lipinski definition) is 5. The van der Waals surface area contributed by atoms with E-state index in [1.54, 1.807) is 20.4 Å². The van der Waals surface area contributed by atoms with Crippen LogP contribution in [0.25, 0.3) is 0 Å². The van der Waals surface area contributed by atoms with Crippen LogP contribution in [0.3, 0.4) is 0 Å². The monoisotopic (exact) mass is 248 g/mol. The number of aryl methyl sites for hydroxylation is 1. The molecule has 2 rings (SSSR count). The normalized spacial score (nSPS) is 10.4. The Kier molecular flexibility index (Phi) is 3.41. The van der Waals surface area contributed by atoms with Gasteiger partial charge in [0.2, 0.25) is 0 Å². The molecule has 0 amide bonds. The lowest BCUT2D eigenvalue weighted by atomic mass is 10.1. The molecular weight excluding hydrogens is 232 g/mol. The molecule has 5 heteroatoms. The van der Waals surface area contributed by atoms with E-state index in [-0.39, 0.29) is 6.01 Å². The Balaban J connectivity index is 2.36. The number of anilines is 1. The van der Waals surface area contributed by atoms with E-state index >= 15 is 0 Å². The lowest BCUT2D eigenvalue weighted by Gasteiger charge is -2.12. The summed E-state index contributed by atoms with van der Waals surface area (Å²) in [5.74, 6) is 2.30. The first-order valence-electron chi connectivity index (χ1n) is 5.55. The van der Waals surface area contributed by atoms with Crippen molar-refractivity contribution in [2.75, 3.05) is 20.0 Å². The molecule has 0 atom stereocenters. The van der Waals surface area contributed by atoms with Crippen molar-refractivity contribution in [2.45, 2.75) is 13.3 Å². The Morgan fingerprint density at radius 1 is 1.22 bits per heavy atom. The standard InChI is InChI=1S/C13H16N2O3/c1-8-4-12(17-3)9(6-11(8)16-2)5-10-7-15-13(14)18-10/h4,6-7H,5H2,1-3H3,(H2,14,15). The zero-order chi connectivity index (χ0) is 13.1. The van der Waals surface area contributed by atoms with Gasteiger partial charge in [-0.3, -0.25) is 0 Å². The van der Waals surface area contributed by atoms with Crippen LogP contribution in [-0.2, 0) is 6.42 Å². The van der Waals surface area contributed by atoms with Crippen LogP contribution in [0.5, 0.6) is 11.5 Å². The van der Waals surface area contributed by atoms with Gasteiger partial charge in [-0.15, -0.1) is 0 Å². The largest absolute Gasteiger partial charge is 0.496 e. The number of methoxy groups -OCH3 is 2. The van der Waals surface area contributed by atoms with Crippen LogP contribution in [0.4, 0.5) is 6.01 Å². The van der Waals surface area contributed by atoms with E-state index in [1.165, 1.54) is 0 Å². The third kappa shape index (κ3) is 2.40. The Morgan fingerprint density at radius 3 is 2.50 bits per heavy atom. The van der Waals surface area contributed by atoms with Crippen molar-refractivity contribution in [1.29, 1.82) is 0 Å². The summed E-state index contributed by atoms with van der Waals surface area (Å²) in [6, 6.07) is 4.05. The number of rotatable bonds is 4. The Labute approximate surface area is 106 Å². The summed E-state index contributed by atoms with van der Waals surface area (Å²) in [6.45, 7) is 1.97. The number of benzene rings is 1. The zero-order valence-corrected chi connectivity index (χ0v) is 10.7. The third-order valence-electron chi connectivity index (χ3n) is 2.73. The highest BCUT2D eigenvalue weighted by Crippen LogP contribution is 2.30. The Morgan fingerprint density at radius 2 is 1.94 bits per heavy atom. The number of nitrogens with zero attached hydrogens (tertiary/aromatic N) is 1. The maximum atomic E-state index is 5.45. The van der Waals surface area contributed by atoms with Gasteiger partial charge in [0.15, 0.2) is 0 Å². The summed E-state index contributed by atoms with van der Waals surface area (Å²) < 4.78 is 15.9. The molecule has 0 spiro atoms. The van der Waals surface area contributed by atoms with Gasteiger partial charge in [0.05, 0.1) is 20.4 Å². The fourth-order valence-electron chi connectivity index (χ4n) is 1.84. The molecular formula is C13H16N2O3. The summed E-state index contributed by atoms with van der Waals surface area (Å²) >= 11 is 0. The SMILES string of the molecule is COc1cc(Cc2cnc(N)o2)c(OC)cc1C. The molecule has 0 aliphatic carbocycles. The minimum Gasteiger partial charge on any atom is -0.496 e. The molecule has 18 heavy (non-hydrogen) atoms. The van der Waals surface area contributed by atoms with Gasteiger partial charge >= 0.3 is 0 Å². The van der Waals surface area contributed by atoms with Crippen LogP contribution in [0.15, 0.2) is 22.7 Å². The average molecular weight is 248 g/mol. The topological polar surface area (TPSA) is 70.5 Å². The fourth-order valence-corrected chi connectivity index (χ4v) is 1.84. The molecule has 96 valence electrons. The molecule has 2 N–H and O–H groups in total. The Bertz CT molecular complexity index is 549. The molecule has 0 bridgehead atoms. The van der Waals surface area contributed by atoms with Gasteiger partial charge in [0.1, 0.15) is 17.3 Å². The van der Waals surface area contributed by atoms with Crippen molar-refractivity contribution < 1.29 is 13.9 Å². The minimum absolute atomic E-state index is 0.169. The van der Waals surface area contributed by atoms with Crippen LogP contribution in [-0.4, -0.2) is 19.2 Å². The highest BCUT2D eigenvalue weighted by molar-refractivity contribution is 5.47. The van der Waals surface area contributed by atoms with Crippen LogP contribution >= 0.6 is 0 Å². The minimum atomic E-state index is 0.169. The van der Waals surface area contributed by atoms with Crippen molar-refractivity contribution in [3.8, 4) is 11.5 Å². The van der Waals surface area contributed by atoms with E-state index in [0.29, 0.717) is 12.2 Å². The van der Waals surface area contributed by atoms with E-state index < -0.39 is 0 Å². The highest BCUT2D eigenvalue weighted by atomic mass is 16.5. The van der Waals surface area contributed by atoms with Crippen LogP contribution in [0.1, 0.15) is 16.9 Å².